The van der Waals surface area contributed by atoms with Crippen LogP contribution in [0.15, 0.2) is 47.3 Å². The van der Waals surface area contributed by atoms with Crippen molar-refractivity contribution < 1.29 is 8.78 Å². The molecule has 27 heavy (non-hydrogen) atoms. The second kappa shape index (κ2) is 7.21. The molecule has 4 rings (SSSR count). The van der Waals surface area contributed by atoms with Crippen LogP contribution in [0.4, 0.5) is 8.78 Å². The minimum Gasteiger partial charge on any atom is -0.306 e. The first-order valence-electron chi connectivity index (χ1n) is 8.55. The van der Waals surface area contributed by atoms with E-state index in [1.807, 2.05) is 35.2 Å². The van der Waals surface area contributed by atoms with E-state index >= 15 is 0 Å². The number of aromatic amines is 1. The van der Waals surface area contributed by atoms with Gasteiger partial charge in [-0.1, -0.05) is 41.9 Å². The number of nitrogens with zero attached hydrogens (tertiary/aromatic N) is 2. The molecule has 0 amide bonds. The molecule has 0 aliphatic carbocycles. The highest BCUT2D eigenvalue weighted by Crippen LogP contribution is 2.25. The quantitative estimate of drug-likeness (QED) is 0.693. The lowest BCUT2D eigenvalue weighted by Crippen LogP contribution is -2.35. The Morgan fingerprint density at radius 3 is 2.70 bits per heavy atom. The van der Waals surface area contributed by atoms with E-state index in [0.29, 0.717) is 24.4 Å². The first-order valence-corrected chi connectivity index (χ1v) is 8.93. The smallest absolute Gasteiger partial charge is 0.255 e. The zero-order valence-corrected chi connectivity index (χ0v) is 15.1. The van der Waals surface area contributed by atoms with E-state index in [2.05, 4.69) is 9.97 Å². The van der Waals surface area contributed by atoms with Crippen LogP contribution in [0.3, 0.4) is 0 Å². The number of aromatic nitrogens is 2. The van der Waals surface area contributed by atoms with Crippen LogP contribution in [0.5, 0.6) is 0 Å². The molecular weight excluding hydrogens is 372 g/mol. The first-order chi connectivity index (χ1) is 13.0. The summed E-state index contributed by atoms with van der Waals surface area (Å²) in [7, 11) is 0. The molecule has 2 aromatic carbocycles. The van der Waals surface area contributed by atoms with Crippen LogP contribution in [0, 0.1) is 11.6 Å². The van der Waals surface area contributed by atoms with E-state index in [-0.39, 0.29) is 29.2 Å². The molecule has 0 spiro atoms. The van der Waals surface area contributed by atoms with Gasteiger partial charge < -0.3 is 4.98 Å². The zero-order chi connectivity index (χ0) is 19.0. The fraction of sp³-hybridized carbons (Fsp3) is 0.200. The Hall–Kier alpha value is -2.57. The molecule has 1 aromatic heterocycles. The lowest BCUT2D eigenvalue weighted by molar-refractivity contribution is 0.235. The SMILES string of the molecule is O=c1[nH]c(-c2ccccc2)nc2c1CN(Cc1c(F)ccc(Cl)c1F)CC2. The Bertz CT molecular complexity index is 1050. The van der Waals surface area contributed by atoms with Gasteiger partial charge in [0.05, 0.1) is 16.3 Å². The molecule has 138 valence electrons. The second-order valence-electron chi connectivity index (χ2n) is 6.49. The number of hydrogen-bond donors (Lipinski definition) is 1. The Morgan fingerprint density at radius 2 is 1.93 bits per heavy atom. The average molecular weight is 388 g/mol. The molecule has 7 heteroatoms. The number of nitrogens with one attached hydrogen (secondary N) is 1. The van der Waals surface area contributed by atoms with Gasteiger partial charge in [0.1, 0.15) is 17.5 Å². The van der Waals surface area contributed by atoms with Crippen LogP contribution >= 0.6 is 11.6 Å². The van der Waals surface area contributed by atoms with Crippen LogP contribution in [0.25, 0.3) is 11.4 Å². The maximum atomic E-state index is 14.2. The summed E-state index contributed by atoms with van der Waals surface area (Å²) in [5.41, 5.74) is 1.78. The molecule has 0 saturated carbocycles. The summed E-state index contributed by atoms with van der Waals surface area (Å²) in [5.74, 6) is -0.872. The van der Waals surface area contributed by atoms with E-state index in [9.17, 15) is 13.6 Å². The topological polar surface area (TPSA) is 49.0 Å². The summed E-state index contributed by atoms with van der Waals surface area (Å²) in [5, 5.41) is -0.115. The van der Waals surface area contributed by atoms with Crippen LogP contribution in [-0.4, -0.2) is 21.4 Å². The Morgan fingerprint density at radius 1 is 1.15 bits per heavy atom. The summed E-state index contributed by atoms with van der Waals surface area (Å²) < 4.78 is 28.2. The van der Waals surface area contributed by atoms with Crippen molar-refractivity contribution in [1.29, 1.82) is 0 Å². The minimum atomic E-state index is -0.756. The van der Waals surface area contributed by atoms with Crippen molar-refractivity contribution in [1.82, 2.24) is 14.9 Å². The second-order valence-corrected chi connectivity index (χ2v) is 6.90. The van der Waals surface area contributed by atoms with Gasteiger partial charge in [-0.15, -0.1) is 0 Å². The number of benzene rings is 2. The lowest BCUT2D eigenvalue weighted by atomic mass is 10.0. The summed E-state index contributed by atoms with van der Waals surface area (Å²) in [6.07, 6.45) is 0.531. The van der Waals surface area contributed by atoms with Crippen molar-refractivity contribution in [2.24, 2.45) is 0 Å². The van der Waals surface area contributed by atoms with Gasteiger partial charge in [-0.05, 0) is 12.1 Å². The number of rotatable bonds is 3. The molecule has 4 nitrogen and oxygen atoms in total. The van der Waals surface area contributed by atoms with E-state index in [1.54, 1.807) is 0 Å². The molecule has 0 atom stereocenters. The number of halogens is 3. The predicted molar refractivity (Wildman–Crippen MR) is 99.5 cm³/mol. The predicted octanol–water partition coefficient (Wildman–Crippen LogP) is 3.93. The molecule has 0 unspecified atom stereocenters. The van der Waals surface area contributed by atoms with Gasteiger partial charge in [-0.25, -0.2) is 13.8 Å². The monoisotopic (exact) mass is 387 g/mol. The average Bonchev–Trinajstić information content (AvgIpc) is 2.69. The molecule has 1 aliphatic rings. The summed E-state index contributed by atoms with van der Waals surface area (Å²) in [6, 6.07) is 11.8. The molecule has 1 N–H and O–H groups in total. The fourth-order valence-corrected chi connectivity index (χ4v) is 3.46. The highest BCUT2D eigenvalue weighted by molar-refractivity contribution is 6.30. The fourth-order valence-electron chi connectivity index (χ4n) is 3.29. The maximum Gasteiger partial charge on any atom is 0.255 e. The highest BCUT2D eigenvalue weighted by Gasteiger charge is 2.24. The van der Waals surface area contributed by atoms with Gasteiger partial charge in [0.25, 0.3) is 5.56 Å². The van der Waals surface area contributed by atoms with Crippen LogP contribution in [-0.2, 0) is 19.5 Å². The van der Waals surface area contributed by atoms with E-state index in [4.69, 9.17) is 11.6 Å². The zero-order valence-electron chi connectivity index (χ0n) is 14.3. The normalized spacial score (nSPS) is 14.2. The van der Waals surface area contributed by atoms with Crippen LogP contribution < -0.4 is 5.56 Å². The molecular formula is C20H16ClF2N3O. The molecule has 3 aromatic rings. The third-order valence-corrected chi connectivity index (χ3v) is 5.01. The largest absolute Gasteiger partial charge is 0.306 e. The summed E-state index contributed by atoms with van der Waals surface area (Å²) in [6.45, 7) is 0.860. The van der Waals surface area contributed by atoms with E-state index in [0.717, 1.165) is 17.3 Å². The highest BCUT2D eigenvalue weighted by atomic mass is 35.5. The van der Waals surface area contributed by atoms with Gasteiger partial charge in [0.15, 0.2) is 0 Å². The van der Waals surface area contributed by atoms with Crippen molar-refractivity contribution in [3.63, 3.8) is 0 Å². The molecule has 0 bridgehead atoms. The number of hydrogen-bond acceptors (Lipinski definition) is 3. The van der Waals surface area contributed by atoms with Crippen molar-refractivity contribution in [3.05, 3.63) is 86.3 Å². The molecule has 0 saturated heterocycles. The molecule has 0 fully saturated rings. The third-order valence-electron chi connectivity index (χ3n) is 4.72. The Labute approximate surface area is 159 Å². The van der Waals surface area contributed by atoms with Crippen molar-refractivity contribution in [2.45, 2.75) is 19.5 Å². The van der Waals surface area contributed by atoms with Crippen LogP contribution in [0.1, 0.15) is 16.8 Å². The lowest BCUT2D eigenvalue weighted by Gasteiger charge is -2.28. The van der Waals surface area contributed by atoms with Gasteiger partial charge in [0, 0.05) is 37.2 Å². The van der Waals surface area contributed by atoms with Crippen molar-refractivity contribution >= 4 is 11.6 Å². The van der Waals surface area contributed by atoms with Crippen molar-refractivity contribution in [3.8, 4) is 11.4 Å². The molecule has 1 aliphatic heterocycles. The Balaban J connectivity index is 1.61. The van der Waals surface area contributed by atoms with Gasteiger partial charge in [-0.3, -0.25) is 9.69 Å². The van der Waals surface area contributed by atoms with Gasteiger partial charge in [-0.2, -0.15) is 0 Å². The van der Waals surface area contributed by atoms with Gasteiger partial charge in [0.2, 0.25) is 0 Å². The molecule has 0 radical (unpaired) electrons. The third kappa shape index (κ3) is 3.50. The number of H-pyrrole nitrogens is 1. The maximum absolute atomic E-state index is 14.2. The first kappa shape index (κ1) is 17.8. The summed E-state index contributed by atoms with van der Waals surface area (Å²) >= 11 is 5.76. The van der Waals surface area contributed by atoms with Crippen LogP contribution in [0.2, 0.25) is 5.02 Å². The van der Waals surface area contributed by atoms with E-state index < -0.39 is 11.6 Å². The Kier molecular flexibility index (Phi) is 4.76. The molecule has 2 heterocycles. The van der Waals surface area contributed by atoms with Gasteiger partial charge >= 0.3 is 0 Å². The standard InChI is InChI=1S/C20H16ClF2N3O/c21-15-6-7-16(22)13(18(15)23)10-26-9-8-17-14(11-26)20(27)25-19(24-17)12-4-2-1-3-5-12/h1-7H,8-11H2,(H,24,25,27). The summed E-state index contributed by atoms with van der Waals surface area (Å²) in [4.78, 5) is 21.8. The minimum absolute atomic E-state index is 0.0392. The van der Waals surface area contributed by atoms with E-state index in [1.165, 1.54) is 6.07 Å². The number of fused-ring (bicyclic) bond motifs is 1. The van der Waals surface area contributed by atoms with Crippen molar-refractivity contribution in [2.75, 3.05) is 6.54 Å².